The molecular formula is C8H7FN2O4. The van der Waals surface area contributed by atoms with E-state index in [0.29, 0.717) is 0 Å². The number of nitrogens with zero attached hydrogens (tertiary/aromatic N) is 1. The first-order chi connectivity index (χ1) is 6.99. The summed E-state index contributed by atoms with van der Waals surface area (Å²) in [7, 11) is 1.02. The average Bonchev–Trinajstić information content (AvgIpc) is 2.20. The number of nitrogens with two attached hydrogens (primary N) is 1. The number of carbonyl (C=O) groups is 1. The number of anilines is 1. The fraction of sp³-hybridized carbons (Fsp3) is 0.125. The highest BCUT2D eigenvalue weighted by atomic mass is 19.1. The first-order valence-electron chi connectivity index (χ1n) is 3.79. The molecule has 0 aliphatic carbocycles. The van der Waals surface area contributed by atoms with E-state index in [0.717, 1.165) is 19.2 Å². The second-order valence-electron chi connectivity index (χ2n) is 2.60. The van der Waals surface area contributed by atoms with Crippen LogP contribution in [-0.4, -0.2) is 18.0 Å². The molecule has 0 unspecified atom stereocenters. The Morgan fingerprint density at radius 3 is 2.67 bits per heavy atom. The van der Waals surface area contributed by atoms with E-state index in [1.165, 1.54) is 0 Å². The van der Waals surface area contributed by atoms with E-state index < -0.39 is 33.6 Å². The summed E-state index contributed by atoms with van der Waals surface area (Å²) in [6, 6.07) is 1.68. The lowest BCUT2D eigenvalue weighted by molar-refractivity contribution is -0.385. The molecule has 80 valence electrons. The molecule has 0 aliphatic heterocycles. The van der Waals surface area contributed by atoms with Crippen molar-refractivity contribution in [2.45, 2.75) is 0 Å². The summed E-state index contributed by atoms with van der Waals surface area (Å²) in [4.78, 5) is 20.8. The molecule has 7 heteroatoms. The van der Waals surface area contributed by atoms with Crippen LogP contribution < -0.4 is 5.73 Å². The number of nitrogen functional groups attached to an aromatic ring is 1. The molecular weight excluding hydrogens is 207 g/mol. The molecule has 0 saturated heterocycles. The van der Waals surface area contributed by atoms with Crippen LogP contribution in [0, 0.1) is 15.9 Å². The molecule has 0 aliphatic rings. The summed E-state index contributed by atoms with van der Waals surface area (Å²) in [5.74, 6) is -1.94. The number of hydrogen-bond donors (Lipinski definition) is 1. The molecule has 0 saturated carbocycles. The van der Waals surface area contributed by atoms with Crippen molar-refractivity contribution in [3.05, 3.63) is 33.6 Å². The van der Waals surface area contributed by atoms with Gasteiger partial charge in [0.15, 0.2) is 5.56 Å². The number of ether oxygens (including phenoxy) is 1. The highest BCUT2D eigenvalue weighted by Crippen LogP contribution is 2.27. The number of nitro benzene ring substituents is 1. The summed E-state index contributed by atoms with van der Waals surface area (Å²) in [6.45, 7) is 0. The van der Waals surface area contributed by atoms with Gasteiger partial charge in [-0.1, -0.05) is 0 Å². The number of rotatable bonds is 2. The minimum absolute atomic E-state index is 0.567. The summed E-state index contributed by atoms with van der Waals surface area (Å²) < 4.78 is 17.2. The molecule has 0 atom stereocenters. The maximum absolute atomic E-state index is 13.0. The van der Waals surface area contributed by atoms with Crippen LogP contribution in [0.25, 0.3) is 0 Å². The molecule has 1 aromatic carbocycles. The molecule has 6 nitrogen and oxygen atoms in total. The topological polar surface area (TPSA) is 95.5 Å². The third kappa shape index (κ3) is 1.85. The zero-order valence-corrected chi connectivity index (χ0v) is 7.69. The van der Waals surface area contributed by atoms with Gasteiger partial charge in [-0.25, -0.2) is 9.18 Å². The smallest absolute Gasteiger partial charge is 0.347 e. The zero-order valence-electron chi connectivity index (χ0n) is 7.69. The molecule has 0 spiro atoms. The van der Waals surface area contributed by atoms with E-state index >= 15 is 0 Å². The van der Waals surface area contributed by atoms with Crippen LogP contribution in [0.5, 0.6) is 0 Å². The van der Waals surface area contributed by atoms with Crippen LogP contribution >= 0.6 is 0 Å². The summed E-state index contributed by atoms with van der Waals surface area (Å²) >= 11 is 0. The number of hydrogen-bond acceptors (Lipinski definition) is 5. The number of benzene rings is 1. The van der Waals surface area contributed by atoms with Crippen LogP contribution in [0.1, 0.15) is 10.4 Å². The van der Waals surface area contributed by atoms with Crippen molar-refractivity contribution in [2.24, 2.45) is 0 Å². The second-order valence-corrected chi connectivity index (χ2v) is 2.60. The Hall–Kier alpha value is -2.18. The van der Waals surface area contributed by atoms with Gasteiger partial charge in [-0.05, 0) is 6.07 Å². The van der Waals surface area contributed by atoms with Crippen molar-refractivity contribution in [1.82, 2.24) is 0 Å². The second kappa shape index (κ2) is 3.91. The molecule has 15 heavy (non-hydrogen) atoms. The monoisotopic (exact) mass is 214 g/mol. The molecule has 1 aromatic rings. The van der Waals surface area contributed by atoms with Gasteiger partial charge in [0.1, 0.15) is 5.82 Å². The Labute approximate surface area is 83.6 Å². The Bertz CT molecular complexity index is 433. The van der Waals surface area contributed by atoms with Gasteiger partial charge >= 0.3 is 5.97 Å². The van der Waals surface area contributed by atoms with E-state index in [1.54, 1.807) is 0 Å². The maximum atomic E-state index is 13.0. The lowest BCUT2D eigenvalue weighted by Gasteiger charge is -2.04. The highest BCUT2D eigenvalue weighted by molar-refractivity contribution is 5.99. The largest absolute Gasteiger partial charge is 0.465 e. The lowest BCUT2D eigenvalue weighted by atomic mass is 10.1. The van der Waals surface area contributed by atoms with E-state index in [4.69, 9.17) is 5.73 Å². The van der Waals surface area contributed by atoms with E-state index in [-0.39, 0.29) is 0 Å². The van der Waals surface area contributed by atoms with Crippen molar-refractivity contribution in [3.63, 3.8) is 0 Å². The molecule has 0 heterocycles. The van der Waals surface area contributed by atoms with Gasteiger partial charge in [0.2, 0.25) is 0 Å². The SMILES string of the molecule is COC(=O)c1c([N+](=O)[O-])ccc(F)c1N. The summed E-state index contributed by atoms with van der Waals surface area (Å²) in [5.41, 5.74) is 3.48. The first kappa shape index (κ1) is 10.9. The van der Waals surface area contributed by atoms with Crippen LogP contribution in [0.15, 0.2) is 12.1 Å². The Morgan fingerprint density at radius 2 is 2.20 bits per heavy atom. The standard InChI is InChI=1S/C8H7FN2O4/c1-15-8(12)6-5(11(13)14)3-2-4(9)7(6)10/h2-3H,10H2,1H3. The fourth-order valence-corrected chi connectivity index (χ4v) is 1.05. The Balaban J connectivity index is 3.48. The molecule has 2 N–H and O–H groups in total. The third-order valence-corrected chi connectivity index (χ3v) is 1.76. The van der Waals surface area contributed by atoms with Crippen molar-refractivity contribution in [1.29, 1.82) is 0 Å². The van der Waals surface area contributed by atoms with Crippen molar-refractivity contribution in [3.8, 4) is 0 Å². The Morgan fingerprint density at radius 1 is 1.60 bits per heavy atom. The number of methoxy groups -OCH3 is 1. The van der Waals surface area contributed by atoms with Crippen LogP contribution in [0.4, 0.5) is 15.8 Å². The number of nitro groups is 1. The minimum Gasteiger partial charge on any atom is -0.465 e. The fourth-order valence-electron chi connectivity index (χ4n) is 1.05. The van der Waals surface area contributed by atoms with Gasteiger partial charge in [0, 0.05) is 6.07 Å². The van der Waals surface area contributed by atoms with Gasteiger partial charge in [-0.3, -0.25) is 10.1 Å². The normalized spacial score (nSPS) is 9.73. The van der Waals surface area contributed by atoms with Gasteiger partial charge in [-0.2, -0.15) is 0 Å². The van der Waals surface area contributed by atoms with Crippen molar-refractivity contribution >= 4 is 17.3 Å². The minimum atomic E-state index is -1.04. The predicted molar refractivity (Wildman–Crippen MR) is 48.8 cm³/mol. The molecule has 0 amide bonds. The number of esters is 1. The number of carbonyl (C=O) groups excluding carboxylic acids is 1. The van der Waals surface area contributed by atoms with E-state index in [2.05, 4.69) is 4.74 Å². The van der Waals surface area contributed by atoms with Gasteiger partial charge in [-0.15, -0.1) is 0 Å². The van der Waals surface area contributed by atoms with Crippen LogP contribution in [0.2, 0.25) is 0 Å². The zero-order chi connectivity index (χ0) is 11.6. The quantitative estimate of drug-likeness (QED) is 0.344. The van der Waals surface area contributed by atoms with Gasteiger partial charge in [0.05, 0.1) is 17.7 Å². The van der Waals surface area contributed by atoms with E-state index in [1.807, 2.05) is 0 Å². The molecule has 0 aromatic heterocycles. The summed E-state index contributed by atoms with van der Waals surface area (Å²) in [5, 5.41) is 10.5. The average molecular weight is 214 g/mol. The van der Waals surface area contributed by atoms with E-state index in [9.17, 15) is 19.3 Å². The molecule has 1 rings (SSSR count). The maximum Gasteiger partial charge on any atom is 0.347 e. The third-order valence-electron chi connectivity index (χ3n) is 1.76. The number of halogens is 1. The van der Waals surface area contributed by atoms with Gasteiger partial charge < -0.3 is 10.5 Å². The predicted octanol–water partition coefficient (Wildman–Crippen LogP) is 1.10. The Kier molecular flexibility index (Phi) is 2.84. The van der Waals surface area contributed by atoms with Crippen molar-refractivity contribution in [2.75, 3.05) is 12.8 Å². The highest BCUT2D eigenvalue weighted by Gasteiger charge is 2.26. The first-order valence-corrected chi connectivity index (χ1v) is 3.79. The van der Waals surface area contributed by atoms with Crippen LogP contribution in [-0.2, 0) is 4.74 Å². The van der Waals surface area contributed by atoms with Gasteiger partial charge in [0.25, 0.3) is 5.69 Å². The van der Waals surface area contributed by atoms with Crippen molar-refractivity contribution < 1.29 is 18.8 Å². The molecule has 0 radical (unpaired) electrons. The lowest BCUT2D eigenvalue weighted by Crippen LogP contribution is -2.10. The molecule has 0 fully saturated rings. The van der Waals surface area contributed by atoms with Crippen LogP contribution in [0.3, 0.4) is 0 Å². The molecule has 0 bridgehead atoms. The summed E-state index contributed by atoms with van der Waals surface area (Å²) in [6.07, 6.45) is 0.